The number of rotatable bonds is 2. The zero-order valence-corrected chi connectivity index (χ0v) is 20.6. The number of nitrogens with zero attached hydrogens (tertiary/aromatic N) is 1. The summed E-state index contributed by atoms with van der Waals surface area (Å²) in [7, 11) is 0. The number of ketones is 1. The number of benzene rings is 2. The minimum Gasteiger partial charge on any atom is -0.385 e. The SMILES string of the molecule is C[C@]1(O)C=C[C@H]2[C@@H]3CCC4=CC(=O)CC[C@@H]4[C@H]3[C@@H](c3ccc(-c4ccc(C#N)cc4)cc3)C[C@@]21C. The summed E-state index contributed by atoms with van der Waals surface area (Å²) < 4.78 is 0. The lowest BCUT2D eigenvalue weighted by Gasteiger charge is -2.58. The van der Waals surface area contributed by atoms with Gasteiger partial charge in [-0.05, 0) is 97.1 Å². The van der Waals surface area contributed by atoms with E-state index in [1.807, 2.05) is 37.3 Å². The Morgan fingerprint density at radius 2 is 1.63 bits per heavy atom. The average Bonchev–Trinajstić information content (AvgIpc) is 3.11. The summed E-state index contributed by atoms with van der Waals surface area (Å²) in [4.78, 5) is 12.2. The van der Waals surface area contributed by atoms with Crippen LogP contribution in [-0.2, 0) is 4.79 Å². The second kappa shape index (κ2) is 8.04. The number of carbonyl (C=O) groups is 1. The molecule has 1 N–H and O–H groups in total. The Kier molecular flexibility index (Phi) is 5.17. The van der Waals surface area contributed by atoms with E-state index in [-0.39, 0.29) is 5.41 Å². The van der Waals surface area contributed by atoms with Crippen molar-refractivity contribution in [2.75, 3.05) is 0 Å². The first-order chi connectivity index (χ1) is 16.8. The van der Waals surface area contributed by atoms with Gasteiger partial charge in [-0.3, -0.25) is 4.79 Å². The standard InChI is InChI=1S/C32H33NO2/c1-31-18-28(23-9-7-22(8-10-23)21-5-3-20(19-33)4-6-21)30-26-14-12-25(34)17-24(26)11-13-27(30)29(31)15-16-32(31,2)35/h3-10,15-17,26-30,35H,11-14,18H2,1-2H3/t26-,27-,28+,29-,30+,31-,32-/m0/s1. The maximum absolute atomic E-state index is 12.2. The molecule has 3 nitrogen and oxygen atoms in total. The van der Waals surface area contributed by atoms with Gasteiger partial charge in [0.15, 0.2) is 5.78 Å². The second-order valence-corrected chi connectivity index (χ2v) is 11.7. The minimum atomic E-state index is -0.804. The molecule has 0 spiro atoms. The molecule has 0 unspecified atom stereocenters. The molecule has 178 valence electrons. The highest BCUT2D eigenvalue weighted by Gasteiger charge is 2.61. The first kappa shape index (κ1) is 22.5. The van der Waals surface area contributed by atoms with Gasteiger partial charge in [-0.15, -0.1) is 0 Å². The number of hydrogen-bond acceptors (Lipinski definition) is 3. The Hall–Kier alpha value is -2.96. The van der Waals surface area contributed by atoms with Crippen molar-refractivity contribution in [3.63, 3.8) is 0 Å². The number of carbonyl (C=O) groups excluding carboxylic acids is 1. The first-order valence-electron chi connectivity index (χ1n) is 13.1. The third-order valence-electron chi connectivity index (χ3n) is 10.0. The van der Waals surface area contributed by atoms with Gasteiger partial charge in [0.1, 0.15) is 0 Å². The number of hydrogen-bond donors (Lipinski definition) is 1. The fourth-order valence-electron chi connectivity index (χ4n) is 7.97. The van der Waals surface area contributed by atoms with E-state index in [1.165, 1.54) is 11.1 Å². The van der Waals surface area contributed by atoms with Crippen molar-refractivity contribution in [3.05, 3.63) is 83.5 Å². The molecule has 2 saturated carbocycles. The lowest BCUT2D eigenvalue weighted by molar-refractivity contribution is -0.117. The molecule has 7 atom stereocenters. The van der Waals surface area contributed by atoms with Crippen LogP contribution in [0.5, 0.6) is 0 Å². The third-order valence-corrected chi connectivity index (χ3v) is 10.0. The van der Waals surface area contributed by atoms with E-state index in [4.69, 9.17) is 5.26 Å². The van der Waals surface area contributed by atoms with E-state index < -0.39 is 5.60 Å². The molecular weight excluding hydrogens is 430 g/mol. The maximum Gasteiger partial charge on any atom is 0.155 e. The molecule has 0 aromatic heterocycles. The normalized spacial score (nSPS) is 37.6. The molecule has 0 heterocycles. The van der Waals surface area contributed by atoms with Crippen LogP contribution >= 0.6 is 0 Å². The fourth-order valence-corrected chi connectivity index (χ4v) is 7.97. The first-order valence-corrected chi connectivity index (χ1v) is 13.1. The van der Waals surface area contributed by atoms with Crippen molar-refractivity contribution in [1.29, 1.82) is 5.26 Å². The van der Waals surface area contributed by atoms with Crippen LogP contribution in [0.1, 0.15) is 63.0 Å². The summed E-state index contributed by atoms with van der Waals surface area (Å²) in [6, 6.07) is 18.9. The van der Waals surface area contributed by atoms with Gasteiger partial charge < -0.3 is 5.11 Å². The van der Waals surface area contributed by atoms with Crippen LogP contribution in [0.2, 0.25) is 0 Å². The van der Waals surface area contributed by atoms with E-state index >= 15 is 0 Å². The molecule has 0 radical (unpaired) electrons. The van der Waals surface area contributed by atoms with Crippen LogP contribution in [0, 0.1) is 40.4 Å². The second-order valence-electron chi connectivity index (χ2n) is 11.7. The zero-order chi connectivity index (χ0) is 24.4. The molecule has 2 aromatic carbocycles. The molecular formula is C32H33NO2. The van der Waals surface area contributed by atoms with Crippen molar-refractivity contribution in [2.24, 2.45) is 29.1 Å². The number of allylic oxidation sites excluding steroid dienone is 3. The Labute approximate surface area is 208 Å². The molecule has 2 fully saturated rings. The van der Waals surface area contributed by atoms with E-state index in [2.05, 4.69) is 49.4 Å². The summed E-state index contributed by atoms with van der Waals surface area (Å²) in [5, 5.41) is 20.5. The lowest BCUT2D eigenvalue weighted by Crippen LogP contribution is -2.54. The summed E-state index contributed by atoms with van der Waals surface area (Å²) in [6.07, 6.45) is 11.0. The Morgan fingerprint density at radius 3 is 2.31 bits per heavy atom. The summed E-state index contributed by atoms with van der Waals surface area (Å²) in [5.41, 5.74) is 4.67. The highest BCUT2D eigenvalue weighted by molar-refractivity contribution is 5.91. The van der Waals surface area contributed by atoms with Crippen molar-refractivity contribution < 1.29 is 9.90 Å². The molecule has 0 aliphatic heterocycles. The highest BCUT2D eigenvalue weighted by Crippen LogP contribution is 2.66. The monoisotopic (exact) mass is 463 g/mol. The lowest BCUT2D eigenvalue weighted by atomic mass is 9.46. The average molecular weight is 464 g/mol. The molecule has 4 aliphatic rings. The molecule has 0 amide bonds. The van der Waals surface area contributed by atoms with Crippen molar-refractivity contribution in [1.82, 2.24) is 0 Å². The van der Waals surface area contributed by atoms with Crippen LogP contribution in [0.25, 0.3) is 11.1 Å². The van der Waals surface area contributed by atoms with Gasteiger partial charge in [0, 0.05) is 11.8 Å². The molecule has 4 aliphatic carbocycles. The summed E-state index contributed by atoms with van der Waals surface area (Å²) in [6.45, 7) is 4.28. The smallest absolute Gasteiger partial charge is 0.155 e. The van der Waals surface area contributed by atoms with Gasteiger partial charge in [0.05, 0.1) is 17.2 Å². The van der Waals surface area contributed by atoms with Gasteiger partial charge in [-0.25, -0.2) is 0 Å². The van der Waals surface area contributed by atoms with Gasteiger partial charge in [0.25, 0.3) is 0 Å². The molecule has 2 aromatic rings. The Balaban J connectivity index is 1.39. The number of fused-ring (bicyclic) bond motifs is 5. The third kappa shape index (κ3) is 3.46. The van der Waals surface area contributed by atoms with Crippen LogP contribution in [-0.4, -0.2) is 16.5 Å². The number of nitriles is 1. The summed E-state index contributed by atoms with van der Waals surface area (Å²) >= 11 is 0. The molecule has 0 saturated heterocycles. The van der Waals surface area contributed by atoms with Crippen molar-refractivity contribution in [2.45, 2.75) is 57.5 Å². The quantitative estimate of drug-likeness (QED) is 0.511. The largest absolute Gasteiger partial charge is 0.385 e. The molecule has 3 heteroatoms. The number of aliphatic hydroxyl groups is 1. The topological polar surface area (TPSA) is 61.1 Å². The zero-order valence-electron chi connectivity index (χ0n) is 20.6. The van der Waals surface area contributed by atoms with E-state index in [1.54, 1.807) is 0 Å². The Bertz CT molecular complexity index is 1260. The van der Waals surface area contributed by atoms with E-state index in [0.29, 0.717) is 47.4 Å². The molecule has 6 rings (SSSR count). The maximum atomic E-state index is 12.2. The Morgan fingerprint density at radius 1 is 0.943 bits per heavy atom. The molecule has 35 heavy (non-hydrogen) atoms. The van der Waals surface area contributed by atoms with Gasteiger partial charge in [-0.2, -0.15) is 5.26 Å². The molecule has 0 bridgehead atoms. The van der Waals surface area contributed by atoms with E-state index in [0.717, 1.165) is 36.8 Å². The van der Waals surface area contributed by atoms with Crippen LogP contribution in [0.3, 0.4) is 0 Å². The summed E-state index contributed by atoms with van der Waals surface area (Å²) in [5.74, 6) is 2.53. The van der Waals surface area contributed by atoms with Crippen LogP contribution in [0.4, 0.5) is 0 Å². The predicted molar refractivity (Wildman–Crippen MR) is 137 cm³/mol. The van der Waals surface area contributed by atoms with Gasteiger partial charge in [-0.1, -0.05) is 61.0 Å². The van der Waals surface area contributed by atoms with Crippen molar-refractivity contribution in [3.8, 4) is 17.2 Å². The fraction of sp³-hybridized carbons (Fsp3) is 0.438. The van der Waals surface area contributed by atoms with Crippen LogP contribution < -0.4 is 0 Å². The predicted octanol–water partition coefficient (Wildman–Crippen LogP) is 6.59. The van der Waals surface area contributed by atoms with E-state index in [9.17, 15) is 9.90 Å². The van der Waals surface area contributed by atoms with Crippen LogP contribution in [0.15, 0.2) is 72.3 Å². The highest BCUT2D eigenvalue weighted by atomic mass is 16.3. The van der Waals surface area contributed by atoms with Gasteiger partial charge in [0.2, 0.25) is 0 Å². The van der Waals surface area contributed by atoms with Gasteiger partial charge >= 0.3 is 0 Å². The van der Waals surface area contributed by atoms with Crippen molar-refractivity contribution >= 4 is 5.78 Å². The minimum absolute atomic E-state index is 0.184.